The molecule has 0 aliphatic carbocycles. The van der Waals surface area contributed by atoms with E-state index in [0.29, 0.717) is 0 Å². The van der Waals surface area contributed by atoms with Crippen molar-refractivity contribution in [2.45, 2.75) is 0 Å². The lowest BCUT2D eigenvalue weighted by Gasteiger charge is -1.69. The fourth-order valence-corrected chi connectivity index (χ4v) is 0.385. The van der Waals surface area contributed by atoms with E-state index < -0.39 is 5.17 Å². The fraction of sp³-hybridized carbons (Fsp3) is 0. The molecule has 3 heteroatoms. The van der Waals surface area contributed by atoms with Crippen molar-refractivity contribution in [1.29, 1.82) is 0 Å². The van der Waals surface area contributed by atoms with E-state index in [4.69, 9.17) is 5.11 Å². The van der Waals surface area contributed by atoms with Crippen molar-refractivity contribution in [3.8, 4) is 0 Å². The zero-order chi connectivity index (χ0) is 7.82. The summed E-state index contributed by atoms with van der Waals surface area (Å²) in [5.41, 5.74) is 4.40. The van der Waals surface area contributed by atoms with Crippen molar-refractivity contribution in [2.24, 2.45) is 5.73 Å². The quantitative estimate of drug-likeness (QED) is 0.558. The van der Waals surface area contributed by atoms with Gasteiger partial charge >= 0.3 is 0 Å². The molecule has 0 atom stereocenters. The molecular weight excluding hydrogens is 146 g/mol. The summed E-state index contributed by atoms with van der Waals surface area (Å²) in [5.74, 6) is 0. The second-order valence-corrected chi connectivity index (χ2v) is 1.91. The van der Waals surface area contributed by atoms with Gasteiger partial charge in [-0.3, -0.25) is 0 Å². The van der Waals surface area contributed by atoms with Gasteiger partial charge in [-0.25, -0.2) is 0 Å². The molecule has 0 bridgehead atoms. The maximum atomic E-state index is 7.56. The summed E-state index contributed by atoms with van der Waals surface area (Å²) >= 11 is 3.87. The Balaban J connectivity index is 0.000000180. The van der Waals surface area contributed by atoms with Gasteiger partial charge in [-0.2, -0.15) is 0 Å². The number of rotatable bonds is 0. The van der Waals surface area contributed by atoms with Gasteiger partial charge in [0, 0.05) is 0 Å². The van der Waals surface area contributed by atoms with E-state index >= 15 is 0 Å². The van der Waals surface area contributed by atoms with E-state index in [2.05, 4.69) is 18.0 Å². The molecule has 0 spiro atoms. The highest BCUT2D eigenvalue weighted by atomic mass is 32.1. The molecule has 2 nitrogen and oxygen atoms in total. The van der Waals surface area contributed by atoms with Crippen LogP contribution in [-0.2, 0) is 0 Å². The molecule has 0 saturated heterocycles. The third-order valence-electron chi connectivity index (χ3n) is 0.667. The lowest BCUT2D eigenvalue weighted by Crippen LogP contribution is -2.03. The number of aliphatic hydroxyl groups is 1. The van der Waals surface area contributed by atoms with Gasteiger partial charge in [-0.05, 0) is 12.2 Å². The average Bonchev–Trinajstić information content (AvgIpc) is 1.90. The van der Waals surface area contributed by atoms with Crippen LogP contribution in [0.5, 0.6) is 0 Å². The largest absolute Gasteiger partial charge is 0.487 e. The van der Waals surface area contributed by atoms with Crippen LogP contribution in [0, 0.1) is 0 Å². The third-order valence-corrected chi connectivity index (χ3v) is 0.667. The van der Waals surface area contributed by atoms with Gasteiger partial charge in [0.25, 0.3) is 5.17 Å². The molecule has 0 heterocycles. The van der Waals surface area contributed by atoms with Gasteiger partial charge in [0.05, 0.1) is 0 Å². The minimum absolute atomic E-state index is 0.500. The van der Waals surface area contributed by atoms with Crippen LogP contribution in [0.2, 0.25) is 0 Å². The predicted octanol–water partition coefficient (Wildman–Crippen LogP) is 1.47. The van der Waals surface area contributed by atoms with E-state index in [1.807, 2.05) is 36.4 Å². The Kier molecular flexibility index (Phi) is 5.38. The third kappa shape index (κ3) is 10.0. The van der Waals surface area contributed by atoms with E-state index in [1.54, 1.807) is 0 Å². The number of nitrogens with two attached hydrogens (primary N) is 1. The minimum atomic E-state index is -0.500. The lowest BCUT2D eigenvalue weighted by molar-refractivity contribution is 0.560. The highest BCUT2D eigenvalue weighted by Gasteiger charge is 1.58. The highest BCUT2D eigenvalue weighted by molar-refractivity contribution is 7.79. The molecule has 10 heavy (non-hydrogen) atoms. The normalized spacial score (nSPS) is 7.20. The summed E-state index contributed by atoms with van der Waals surface area (Å²) < 4.78 is 0. The summed E-state index contributed by atoms with van der Waals surface area (Å²) in [6.45, 7) is 0. The van der Waals surface area contributed by atoms with Crippen LogP contribution in [0.4, 0.5) is 0 Å². The molecule has 0 amide bonds. The number of hydrogen-bond acceptors (Lipinski definition) is 1. The molecule has 0 aliphatic heterocycles. The predicted molar refractivity (Wildman–Crippen MR) is 45.9 cm³/mol. The van der Waals surface area contributed by atoms with Crippen molar-refractivity contribution in [1.82, 2.24) is 0 Å². The molecule has 3 N–H and O–H groups in total. The van der Waals surface area contributed by atoms with E-state index in [-0.39, 0.29) is 0 Å². The van der Waals surface area contributed by atoms with Crippen LogP contribution >= 0.6 is 12.2 Å². The molecule has 0 saturated carbocycles. The second-order valence-electron chi connectivity index (χ2n) is 1.49. The van der Waals surface area contributed by atoms with E-state index in [1.165, 1.54) is 0 Å². The maximum Gasteiger partial charge on any atom is 0.251 e. The lowest BCUT2D eigenvalue weighted by atomic mass is 10.4. The van der Waals surface area contributed by atoms with Gasteiger partial charge < -0.3 is 10.8 Å². The summed E-state index contributed by atoms with van der Waals surface area (Å²) in [6.07, 6.45) is 0. The Hall–Kier alpha value is -1.09. The Morgan fingerprint density at radius 3 is 1.20 bits per heavy atom. The van der Waals surface area contributed by atoms with Crippen LogP contribution in [-0.4, -0.2) is 10.3 Å². The zero-order valence-electron chi connectivity index (χ0n) is 5.40. The topological polar surface area (TPSA) is 46.2 Å². The van der Waals surface area contributed by atoms with Crippen LogP contribution in [0.15, 0.2) is 36.4 Å². The highest BCUT2D eigenvalue weighted by Crippen LogP contribution is 1.79. The van der Waals surface area contributed by atoms with Crippen LogP contribution in [0.3, 0.4) is 0 Å². The van der Waals surface area contributed by atoms with Gasteiger partial charge in [-0.15, -0.1) is 0 Å². The Labute approximate surface area is 65.3 Å². The fourth-order valence-electron chi connectivity index (χ4n) is 0.385. The van der Waals surface area contributed by atoms with Gasteiger partial charge in [0.1, 0.15) is 0 Å². The number of aliphatic hydroxyl groups excluding tert-OH is 1. The van der Waals surface area contributed by atoms with Crippen molar-refractivity contribution < 1.29 is 5.11 Å². The summed E-state index contributed by atoms with van der Waals surface area (Å²) in [7, 11) is 0. The van der Waals surface area contributed by atoms with Crippen molar-refractivity contribution in [3.05, 3.63) is 36.4 Å². The summed E-state index contributed by atoms with van der Waals surface area (Å²) in [5, 5.41) is 7.06. The van der Waals surface area contributed by atoms with Gasteiger partial charge in [0.15, 0.2) is 0 Å². The van der Waals surface area contributed by atoms with Crippen LogP contribution in [0.1, 0.15) is 0 Å². The summed E-state index contributed by atoms with van der Waals surface area (Å²) in [6, 6.07) is 12.0. The van der Waals surface area contributed by atoms with Crippen molar-refractivity contribution in [2.75, 3.05) is 0 Å². The van der Waals surface area contributed by atoms with Crippen molar-refractivity contribution in [3.63, 3.8) is 0 Å². The molecule has 54 valence electrons. The number of hydrogen-bond donors (Lipinski definition) is 2. The van der Waals surface area contributed by atoms with E-state index in [9.17, 15) is 0 Å². The Morgan fingerprint density at radius 1 is 1.00 bits per heavy atom. The molecule has 1 aromatic rings. The molecule has 0 fully saturated rings. The standard InChI is InChI=1S/C6H6.CH3NOS/c1-2-4-6-5-3-1;2-1(3)4/h1-6H;(H3,2,3,4). The Morgan fingerprint density at radius 2 is 1.10 bits per heavy atom. The van der Waals surface area contributed by atoms with E-state index in [0.717, 1.165) is 0 Å². The molecular formula is C7H9NOS. The van der Waals surface area contributed by atoms with Gasteiger partial charge in [0.2, 0.25) is 0 Å². The monoisotopic (exact) mass is 155 g/mol. The zero-order valence-corrected chi connectivity index (χ0v) is 6.21. The first-order valence-corrected chi connectivity index (χ1v) is 3.12. The van der Waals surface area contributed by atoms with Crippen molar-refractivity contribution >= 4 is 17.4 Å². The molecule has 0 aromatic heterocycles. The Bertz CT molecular complexity index is 146. The average molecular weight is 155 g/mol. The number of thiocarbonyl (C=S) groups is 1. The molecule has 1 aromatic carbocycles. The van der Waals surface area contributed by atoms with Crippen LogP contribution < -0.4 is 5.73 Å². The maximum absolute atomic E-state index is 7.56. The summed E-state index contributed by atoms with van der Waals surface area (Å²) in [4.78, 5) is 0. The van der Waals surface area contributed by atoms with Crippen LogP contribution in [0.25, 0.3) is 0 Å². The molecule has 0 radical (unpaired) electrons. The molecule has 0 unspecified atom stereocenters. The first-order chi connectivity index (χ1) is 4.73. The minimum Gasteiger partial charge on any atom is -0.487 e. The molecule has 1 rings (SSSR count). The SMILES string of the molecule is NC(O)=S.c1ccccc1. The first kappa shape index (κ1) is 8.91. The smallest absolute Gasteiger partial charge is 0.251 e. The van der Waals surface area contributed by atoms with Gasteiger partial charge in [-0.1, -0.05) is 36.4 Å². The molecule has 0 aliphatic rings. The second kappa shape index (κ2) is 6.04. The number of benzene rings is 1. The first-order valence-electron chi connectivity index (χ1n) is 2.72.